The number of hydrogen-bond donors (Lipinski definition) is 1. The highest BCUT2D eigenvalue weighted by molar-refractivity contribution is 5.43. The highest BCUT2D eigenvalue weighted by Crippen LogP contribution is 1.94. The first-order valence-corrected chi connectivity index (χ1v) is 3.33. The molecular weight excluding hydrogens is 130 g/mol. The minimum atomic E-state index is 0.521. The third kappa shape index (κ3) is 7.17. The molecule has 0 aromatic rings. The van der Waals surface area contributed by atoms with Crippen LogP contribution in [0.15, 0.2) is 12.7 Å². The summed E-state index contributed by atoms with van der Waals surface area (Å²) < 4.78 is 0. The van der Waals surface area contributed by atoms with Crippen molar-refractivity contribution in [2.45, 2.75) is 19.3 Å². The van der Waals surface area contributed by atoms with Gasteiger partial charge in [-0.2, -0.15) is 0 Å². The molecule has 0 atom stereocenters. The third-order valence-electron chi connectivity index (χ3n) is 1.04. The zero-order chi connectivity index (χ0) is 7.66. The Kier molecular flexibility index (Phi) is 7.49. The summed E-state index contributed by atoms with van der Waals surface area (Å²) in [7, 11) is 0. The van der Waals surface area contributed by atoms with Crippen LogP contribution in [0.2, 0.25) is 0 Å². The van der Waals surface area contributed by atoms with Gasteiger partial charge in [0.05, 0.1) is 6.61 Å². The Labute approximate surface area is 61.0 Å². The average Bonchev–Trinajstić information content (AvgIpc) is 1.97. The van der Waals surface area contributed by atoms with Crippen LogP contribution >= 0.6 is 0 Å². The van der Waals surface area contributed by atoms with E-state index in [1.165, 1.54) is 0 Å². The largest absolute Gasteiger partial charge is 0.277 e. The fraction of sp³-hybridized carbons (Fsp3) is 0.571. The number of hydroxylamine groups is 1. The van der Waals surface area contributed by atoms with Gasteiger partial charge in [0.15, 0.2) is 0 Å². The molecule has 3 heteroatoms. The van der Waals surface area contributed by atoms with Gasteiger partial charge >= 0.3 is 0 Å². The topological polar surface area (TPSA) is 38.3 Å². The zero-order valence-electron chi connectivity index (χ0n) is 6.01. The number of carbonyl (C=O) groups is 1. The number of nitrogens with one attached hydrogen (secondary N) is 1. The molecule has 0 radical (unpaired) electrons. The molecule has 0 unspecified atom stereocenters. The molecule has 1 N–H and O–H groups in total. The van der Waals surface area contributed by atoms with E-state index in [4.69, 9.17) is 0 Å². The average molecular weight is 143 g/mol. The molecule has 0 rings (SSSR count). The van der Waals surface area contributed by atoms with Crippen molar-refractivity contribution < 1.29 is 9.63 Å². The first kappa shape index (κ1) is 9.17. The molecule has 0 fully saturated rings. The van der Waals surface area contributed by atoms with Gasteiger partial charge in [-0.1, -0.05) is 6.08 Å². The maximum atomic E-state index is 9.64. The second-order valence-electron chi connectivity index (χ2n) is 1.87. The number of hydrogen-bond acceptors (Lipinski definition) is 2. The van der Waals surface area contributed by atoms with Crippen LogP contribution in [0, 0.1) is 0 Å². The van der Waals surface area contributed by atoms with Gasteiger partial charge in [-0.25, -0.2) is 5.48 Å². The lowest BCUT2D eigenvalue weighted by Crippen LogP contribution is -2.12. The van der Waals surface area contributed by atoms with Crippen molar-refractivity contribution in [2.75, 3.05) is 6.61 Å². The van der Waals surface area contributed by atoms with Gasteiger partial charge in [0.2, 0.25) is 6.41 Å². The van der Waals surface area contributed by atoms with Gasteiger partial charge in [-0.15, -0.1) is 6.58 Å². The number of rotatable bonds is 7. The van der Waals surface area contributed by atoms with Gasteiger partial charge in [-0.3, -0.25) is 9.63 Å². The Morgan fingerprint density at radius 2 is 2.30 bits per heavy atom. The van der Waals surface area contributed by atoms with Crippen LogP contribution in [0.4, 0.5) is 0 Å². The van der Waals surface area contributed by atoms with E-state index in [2.05, 4.69) is 16.9 Å². The first-order chi connectivity index (χ1) is 4.91. The molecule has 0 aromatic heterocycles. The molecule has 0 aromatic carbocycles. The summed E-state index contributed by atoms with van der Waals surface area (Å²) in [5, 5.41) is 0. The SMILES string of the molecule is C=CCCCCONC=O. The lowest BCUT2D eigenvalue weighted by molar-refractivity contribution is -0.120. The molecular formula is C7H13NO2. The molecule has 1 amide bonds. The highest BCUT2D eigenvalue weighted by Gasteiger charge is 1.85. The predicted octanol–water partition coefficient (Wildman–Crippen LogP) is 1.02. The fourth-order valence-corrected chi connectivity index (χ4v) is 0.556. The van der Waals surface area contributed by atoms with Crippen LogP contribution in [0.25, 0.3) is 0 Å². The van der Waals surface area contributed by atoms with Crippen LogP contribution in [-0.2, 0) is 9.63 Å². The fourth-order valence-electron chi connectivity index (χ4n) is 0.556. The summed E-state index contributed by atoms with van der Waals surface area (Å²) in [4.78, 5) is 14.3. The van der Waals surface area contributed by atoms with E-state index >= 15 is 0 Å². The number of unbranched alkanes of at least 4 members (excludes halogenated alkanes) is 2. The van der Waals surface area contributed by atoms with Gasteiger partial charge in [0.1, 0.15) is 0 Å². The monoisotopic (exact) mass is 143 g/mol. The molecule has 0 bridgehead atoms. The molecule has 0 aliphatic heterocycles. The molecule has 0 spiro atoms. The van der Waals surface area contributed by atoms with Crippen LogP contribution in [0.3, 0.4) is 0 Å². The Morgan fingerprint density at radius 3 is 2.90 bits per heavy atom. The van der Waals surface area contributed by atoms with E-state index in [0.29, 0.717) is 13.0 Å². The molecule has 10 heavy (non-hydrogen) atoms. The molecule has 0 saturated carbocycles. The normalized spacial score (nSPS) is 8.80. The quantitative estimate of drug-likeness (QED) is 0.250. The summed E-state index contributed by atoms with van der Waals surface area (Å²) in [5.74, 6) is 0. The van der Waals surface area contributed by atoms with Crippen LogP contribution < -0.4 is 5.48 Å². The zero-order valence-corrected chi connectivity index (χ0v) is 6.01. The van der Waals surface area contributed by atoms with E-state index in [9.17, 15) is 4.79 Å². The molecule has 0 saturated heterocycles. The molecule has 0 aliphatic rings. The number of carbonyl (C=O) groups excluding carboxylic acids is 1. The smallest absolute Gasteiger partial charge is 0.230 e. The Bertz CT molecular complexity index is 81.6. The second kappa shape index (κ2) is 8.17. The van der Waals surface area contributed by atoms with Crippen molar-refractivity contribution in [3.05, 3.63) is 12.7 Å². The Hall–Kier alpha value is -0.830. The number of allylic oxidation sites excluding steroid dienone is 1. The maximum absolute atomic E-state index is 9.64. The Balaban J connectivity index is 2.76. The summed E-state index contributed by atoms with van der Waals surface area (Å²) in [6.45, 7) is 4.16. The van der Waals surface area contributed by atoms with E-state index in [1.807, 2.05) is 6.08 Å². The van der Waals surface area contributed by atoms with Crippen molar-refractivity contribution in [2.24, 2.45) is 0 Å². The first-order valence-electron chi connectivity index (χ1n) is 3.33. The van der Waals surface area contributed by atoms with E-state index < -0.39 is 0 Å². The molecule has 0 aliphatic carbocycles. The van der Waals surface area contributed by atoms with E-state index in [-0.39, 0.29) is 0 Å². The number of amides is 1. The molecule has 58 valence electrons. The van der Waals surface area contributed by atoms with Crippen molar-refractivity contribution in [1.29, 1.82) is 0 Å². The molecule has 0 heterocycles. The summed E-state index contributed by atoms with van der Waals surface area (Å²) in [5.41, 5.74) is 2.12. The van der Waals surface area contributed by atoms with Crippen molar-refractivity contribution in [1.82, 2.24) is 5.48 Å². The van der Waals surface area contributed by atoms with Gasteiger partial charge in [-0.05, 0) is 19.3 Å². The van der Waals surface area contributed by atoms with Gasteiger partial charge in [0.25, 0.3) is 0 Å². The minimum absolute atomic E-state index is 0.521. The molecule has 3 nitrogen and oxygen atoms in total. The maximum Gasteiger partial charge on any atom is 0.230 e. The van der Waals surface area contributed by atoms with Crippen molar-refractivity contribution in [3.8, 4) is 0 Å². The Morgan fingerprint density at radius 1 is 1.50 bits per heavy atom. The lowest BCUT2D eigenvalue weighted by atomic mass is 10.2. The van der Waals surface area contributed by atoms with Crippen molar-refractivity contribution in [3.63, 3.8) is 0 Å². The van der Waals surface area contributed by atoms with Crippen molar-refractivity contribution >= 4 is 6.41 Å². The van der Waals surface area contributed by atoms with Crippen LogP contribution in [0.5, 0.6) is 0 Å². The summed E-state index contributed by atoms with van der Waals surface area (Å²) >= 11 is 0. The van der Waals surface area contributed by atoms with Gasteiger partial charge in [0, 0.05) is 0 Å². The van der Waals surface area contributed by atoms with E-state index in [0.717, 1.165) is 19.3 Å². The third-order valence-corrected chi connectivity index (χ3v) is 1.04. The standard InChI is InChI=1S/C7H13NO2/c1-2-3-4-5-6-10-8-7-9/h2,7H,1,3-6H2,(H,8,9). The van der Waals surface area contributed by atoms with Crippen LogP contribution in [0.1, 0.15) is 19.3 Å². The second-order valence-corrected chi connectivity index (χ2v) is 1.87. The summed E-state index contributed by atoms with van der Waals surface area (Å²) in [6, 6.07) is 0. The van der Waals surface area contributed by atoms with Gasteiger partial charge < -0.3 is 0 Å². The summed E-state index contributed by atoms with van der Waals surface area (Å²) in [6.07, 6.45) is 5.40. The van der Waals surface area contributed by atoms with Crippen LogP contribution in [-0.4, -0.2) is 13.0 Å². The van der Waals surface area contributed by atoms with E-state index in [1.54, 1.807) is 0 Å². The predicted molar refractivity (Wildman–Crippen MR) is 39.2 cm³/mol. The minimum Gasteiger partial charge on any atom is -0.277 e. The lowest BCUT2D eigenvalue weighted by Gasteiger charge is -1.97. The highest BCUT2D eigenvalue weighted by atomic mass is 16.6.